The molecule has 31 heavy (non-hydrogen) atoms. The van der Waals surface area contributed by atoms with Crippen molar-refractivity contribution in [3.63, 3.8) is 0 Å². The normalized spacial score (nSPS) is 12.6. The van der Waals surface area contributed by atoms with Gasteiger partial charge in [-0.25, -0.2) is 13.4 Å². The summed E-state index contributed by atoms with van der Waals surface area (Å²) in [5, 5.41) is 2.57. The highest BCUT2D eigenvalue weighted by atomic mass is 127. The van der Waals surface area contributed by atoms with Gasteiger partial charge < -0.3 is 15.8 Å². The van der Waals surface area contributed by atoms with E-state index in [2.05, 4.69) is 15.0 Å². The molecule has 7 nitrogen and oxygen atoms in total. The van der Waals surface area contributed by atoms with Gasteiger partial charge in [-0.15, -0.1) is 37.1 Å². The summed E-state index contributed by atoms with van der Waals surface area (Å²) in [5.74, 6) is -0.559. The zero-order valence-electron chi connectivity index (χ0n) is 17.1. The SMILES string of the molecule is CC(C)N(C)S(=O)(=O)c1ccc(CN=C(N)Nc2ccccc2OC(F)(F)F)cc1.I. The van der Waals surface area contributed by atoms with E-state index in [1.165, 1.54) is 41.7 Å². The lowest BCUT2D eigenvalue weighted by Gasteiger charge is -2.21. The molecule has 0 fully saturated rings. The number of halogens is 4. The maximum atomic E-state index is 12.5. The number of nitrogens with two attached hydrogens (primary N) is 1. The molecule has 0 spiro atoms. The lowest BCUT2D eigenvalue weighted by Crippen LogP contribution is -2.33. The Hall–Kier alpha value is -2.06. The van der Waals surface area contributed by atoms with E-state index in [0.29, 0.717) is 5.56 Å². The molecule has 2 aromatic carbocycles. The molecule has 0 aliphatic carbocycles. The van der Waals surface area contributed by atoms with Crippen molar-refractivity contribution in [2.45, 2.75) is 37.7 Å². The molecular weight excluding hydrogens is 548 g/mol. The van der Waals surface area contributed by atoms with E-state index in [0.717, 1.165) is 6.07 Å². The number of rotatable bonds is 7. The van der Waals surface area contributed by atoms with Crippen LogP contribution in [-0.4, -0.2) is 38.1 Å². The number of anilines is 1. The van der Waals surface area contributed by atoms with E-state index in [4.69, 9.17) is 5.73 Å². The third kappa shape index (κ3) is 7.85. The Balaban J connectivity index is 0.00000480. The lowest BCUT2D eigenvalue weighted by atomic mass is 10.2. The van der Waals surface area contributed by atoms with Gasteiger partial charge in [0, 0.05) is 13.1 Å². The number of alkyl halides is 3. The highest BCUT2D eigenvalue weighted by Gasteiger charge is 2.32. The summed E-state index contributed by atoms with van der Waals surface area (Å²) < 4.78 is 67.6. The smallest absolute Gasteiger partial charge is 0.404 e. The molecule has 0 bridgehead atoms. The van der Waals surface area contributed by atoms with Crippen molar-refractivity contribution in [3.05, 3.63) is 54.1 Å². The number of ether oxygens (including phenoxy) is 1. The molecule has 172 valence electrons. The van der Waals surface area contributed by atoms with Gasteiger partial charge in [0.2, 0.25) is 10.0 Å². The van der Waals surface area contributed by atoms with Crippen LogP contribution in [0.3, 0.4) is 0 Å². The van der Waals surface area contributed by atoms with E-state index < -0.39 is 22.1 Å². The van der Waals surface area contributed by atoms with Crippen LogP contribution >= 0.6 is 24.0 Å². The van der Waals surface area contributed by atoms with E-state index in [-0.39, 0.29) is 53.1 Å². The molecule has 0 aromatic heterocycles. The minimum atomic E-state index is -4.84. The van der Waals surface area contributed by atoms with E-state index >= 15 is 0 Å². The van der Waals surface area contributed by atoms with Crippen molar-refractivity contribution >= 4 is 45.6 Å². The van der Waals surface area contributed by atoms with Crippen LogP contribution in [0, 0.1) is 0 Å². The number of nitrogens with one attached hydrogen (secondary N) is 1. The van der Waals surface area contributed by atoms with E-state index in [9.17, 15) is 21.6 Å². The van der Waals surface area contributed by atoms with Crippen LogP contribution in [0.5, 0.6) is 5.75 Å². The molecule has 0 atom stereocenters. The second kappa shape index (κ2) is 11.0. The lowest BCUT2D eigenvalue weighted by molar-refractivity contribution is -0.274. The number of nitrogens with zero attached hydrogens (tertiary/aromatic N) is 2. The Labute approximate surface area is 196 Å². The Kier molecular flexibility index (Phi) is 9.57. The Morgan fingerprint density at radius 2 is 1.74 bits per heavy atom. The topological polar surface area (TPSA) is 97.0 Å². The first-order valence-electron chi connectivity index (χ1n) is 8.89. The highest BCUT2D eigenvalue weighted by Crippen LogP contribution is 2.29. The number of hydrogen-bond donors (Lipinski definition) is 2. The van der Waals surface area contributed by atoms with Crippen LogP contribution in [0.4, 0.5) is 18.9 Å². The fourth-order valence-electron chi connectivity index (χ4n) is 2.35. The Morgan fingerprint density at radius 1 is 1.16 bits per heavy atom. The summed E-state index contributed by atoms with van der Waals surface area (Å²) >= 11 is 0. The number of hydrogen-bond acceptors (Lipinski definition) is 4. The quantitative estimate of drug-likeness (QED) is 0.295. The van der Waals surface area contributed by atoms with Gasteiger partial charge in [0.15, 0.2) is 11.7 Å². The zero-order chi connectivity index (χ0) is 22.5. The summed E-state index contributed by atoms with van der Waals surface area (Å²) in [7, 11) is -2.09. The maximum absolute atomic E-state index is 12.5. The van der Waals surface area contributed by atoms with Crippen molar-refractivity contribution in [2.24, 2.45) is 10.7 Å². The van der Waals surface area contributed by atoms with Crippen molar-refractivity contribution in [1.29, 1.82) is 0 Å². The van der Waals surface area contributed by atoms with Crippen LogP contribution in [0.2, 0.25) is 0 Å². The molecule has 2 rings (SSSR count). The molecule has 0 aliphatic rings. The van der Waals surface area contributed by atoms with Crippen molar-refractivity contribution in [3.8, 4) is 5.75 Å². The second-order valence-electron chi connectivity index (χ2n) is 6.63. The van der Waals surface area contributed by atoms with Gasteiger partial charge >= 0.3 is 6.36 Å². The second-order valence-corrected chi connectivity index (χ2v) is 8.63. The molecule has 0 saturated heterocycles. The van der Waals surface area contributed by atoms with Gasteiger partial charge in [0.25, 0.3) is 0 Å². The van der Waals surface area contributed by atoms with Gasteiger partial charge in [-0.2, -0.15) is 4.31 Å². The van der Waals surface area contributed by atoms with Crippen LogP contribution in [0.25, 0.3) is 0 Å². The van der Waals surface area contributed by atoms with Crippen LogP contribution in [0.15, 0.2) is 58.4 Å². The number of aliphatic imine (C=N–C) groups is 1. The zero-order valence-corrected chi connectivity index (χ0v) is 20.2. The van der Waals surface area contributed by atoms with Crippen molar-refractivity contribution in [1.82, 2.24) is 4.31 Å². The predicted molar refractivity (Wildman–Crippen MR) is 124 cm³/mol. The minimum Gasteiger partial charge on any atom is -0.404 e. The molecule has 3 N–H and O–H groups in total. The summed E-state index contributed by atoms with van der Waals surface area (Å²) in [6.45, 7) is 3.64. The van der Waals surface area contributed by atoms with Crippen molar-refractivity contribution in [2.75, 3.05) is 12.4 Å². The van der Waals surface area contributed by atoms with E-state index in [1.54, 1.807) is 26.0 Å². The molecule has 0 radical (unpaired) electrons. The van der Waals surface area contributed by atoms with E-state index in [1.807, 2.05) is 0 Å². The van der Waals surface area contributed by atoms with Gasteiger partial charge in [-0.05, 0) is 43.7 Å². The standard InChI is InChI=1S/C19H23F3N4O3S.HI/c1-13(2)26(3)30(27,28)15-10-8-14(9-11-15)12-24-18(23)25-16-6-4-5-7-17(16)29-19(20,21)22;/h4-11,13H,12H2,1-3H3,(H3,23,24,25);1H. The Morgan fingerprint density at radius 3 is 2.29 bits per heavy atom. The molecule has 2 aromatic rings. The number of para-hydroxylation sites is 2. The maximum Gasteiger partial charge on any atom is 0.573 e. The summed E-state index contributed by atoms with van der Waals surface area (Å²) in [6.07, 6.45) is -4.84. The average molecular weight is 572 g/mol. The molecule has 0 unspecified atom stereocenters. The van der Waals surface area contributed by atoms with Gasteiger partial charge in [-0.1, -0.05) is 24.3 Å². The van der Waals surface area contributed by atoms with Crippen LogP contribution in [-0.2, 0) is 16.6 Å². The van der Waals surface area contributed by atoms with Crippen LogP contribution in [0.1, 0.15) is 19.4 Å². The first-order valence-corrected chi connectivity index (χ1v) is 10.3. The number of sulfonamides is 1. The summed E-state index contributed by atoms with van der Waals surface area (Å²) in [6, 6.07) is 11.4. The van der Waals surface area contributed by atoms with Crippen molar-refractivity contribution < 1.29 is 26.3 Å². The molecule has 12 heteroatoms. The summed E-state index contributed by atoms with van der Waals surface area (Å²) in [4.78, 5) is 4.22. The molecule has 0 heterocycles. The van der Waals surface area contributed by atoms with Gasteiger partial charge in [0.1, 0.15) is 0 Å². The third-order valence-corrected chi connectivity index (χ3v) is 6.18. The average Bonchev–Trinajstić information content (AvgIpc) is 2.66. The first kappa shape index (κ1) is 27.0. The summed E-state index contributed by atoms with van der Waals surface area (Å²) in [5.41, 5.74) is 6.44. The fraction of sp³-hybridized carbons (Fsp3) is 0.316. The number of guanidine groups is 1. The van der Waals surface area contributed by atoms with Crippen LogP contribution < -0.4 is 15.8 Å². The highest BCUT2D eigenvalue weighted by molar-refractivity contribution is 14.0. The number of benzene rings is 2. The Bertz CT molecular complexity index is 997. The third-order valence-electron chi connectivity index (χ3n) is 4.14. The predicted octanol–water partition coefficient (Wildman–Crippen LogP) is 4.16. The molecule has 0 amide bonds. The largest absolute Gasteiger partial charge is 0.573 e. The fourth-order valence-corrected chi connectivity index (χ4v) is 3.72. The molecule has 0 aliphatic heterocycles. The monoisotopic (exact) mass is 572 g/mol. The molecular formula is C19H24F3IN4O3S. The first-order chi connectivity index (χ1) is 13.9. The van der Waals surface area contributed by atoms with Gasteiger partial charge in [-0.3, -0.25) is 0 Å². The van der Waals surface area contributed by atoms with Gasteiger partial charge in [0.05, 0.1) is 17.1 Å². The minimum absolute atomic E-state index is 0. The molecule has 0 saturated carbocycles.